The first kappa shape index (κ1) is 19.1. The van der Waals surface area contributed by atoms with Gasteiger partial charge in [-0.3, -0.25) is 4.98 Å². The summed E-state index contributed by atoms with van der Waals surface area (Å²) in [6.45, 7) is 1.59. The number of nitrogen functional groups attached to an aromatic ring is 1. The highest BCUT2D eigenvalue weighted by molar-refractivity contribution is 7.83. The standard InChI is InChI=1S/C19H19FN4O2S/c1-12(11-25)24-27(26)18-5-3-2-4-14(18)13-6-7-15(16(20)8-13)17-9-23-19(21)10-22-17/h2-10,12,24-25H,11H2,1H3,(H2,21,23)/t12-,27?/m1/s1. The third-order valence-electron chi connectivity index (χ3n) is 3.90. The lowest BCUT2D eigenvalue weighted by Gasteiger charge is -2.14. The molecule has 0 aliphatic carbocycles. The van der Waals surface area contributed by atoms with E-state index in [0.717, 1.165) is 0 Å². The highest BCUT2D eigenvalue weighted by Gasteiger charge is 2.15. The van der Waals surface area contributed by atoms with E-state index in [-0.39, 0.29) is 18.5 Å². The Morgan fingerprint density at radius 2 is 1.96 bits per heavy atom. The van der Waals surface area contributed by atoms with Crippen molar-refractivity contribution in [2.24, 2.45) is 0 Å². The zero-order valence-corrected chi connectivity index (χ0v) is 15.4. The molecule has 0 fully saturated rings. The van der Waals surface area contributed by atoms with Crippen molar-refractivity contribution >= 4 is 16.8 Å². The van der Waals surface area contributed by atoms with E-state index in [1.54, 1.807) is 43.3 Å². The molecule has 140 valence electrons. The van der Waals surface area contributed by atoms with Crippen LogP contribution in [-0.4, -0.2) is 31.9 Å². The highest BCUT2D eigenvalue weighted by atomic mass is 32.2. The first-order chi connectivity index (χ1) is 13.0. The monoisotopic (exact) mass is 386 g/mol. The zero-order valence-electron chi connectivity index (χ0n) is 14.6. The first-order valence-corrected chi connectivity index (χ1v) is 9.40. The van der Waals surface area contributed by atoms with Crippen LogP contribution >= 0.6 is 0 Å². The number of nitrogens with two attached hydrogens (primary N) is 1. The number of aromatic nitrogens is 2. The van der Waals surface area contributed by atoms with Crippen LogP contribution in [0.5, 0.6) is 0 Å². The summed E-state index contributed by atoms with van der Waals surface area (Å²) in [5, 5.41) is 9.14. The summed E-state index contributed by atoms with van der Waals surface area (Å²) in [6.07, 6.45) is 2.78. The van der Waals surface area contributed by atoms with Gasteiger partial charge in [0.15, 0.2) is 0 Å². The summed E-state index contributed by atoms with van der Waals surface area (Å²) in [5.41, 5.74) is 7.42. The van der Waals surface area contributed by atoms with E-state index < -0.39 is 16.8 Å². The van der Waals surface area contributed by atoms with Crippen LogP contribution in [0, 0.1) is 5.82 Å². The van der Waals surface area contributed by atoms with Crippen molar-refractivity contribution in [1.82, 2.24) is 14.7 Å². The van der Waals surface area contributed by atoms with Crippen LogP contribution in [-0.2, 0) is 11.0 Å². The second-order valence-electron chi connectivity index (χ2n) is 5.99. The predicted molar refractivity (Wildman–Crippen MR) is 103 cm³/mol. The van der Waals surface area contributed by atoms with Gasteiger partial charge in [-0.05, 0) is 36.2 Å². The van der Waals surface area contributed by atoms with Gasteiger partial charge in [-0.25, -0.2) is 18.3 Å². The molecule has 0 amide bonds. The van der Waals surface area contributed by atoms with E-state index in [9.17, 15) is 8.60 Å². The molecular weight excluding hydrogens is 367 g/mol. The first-order valence-electron chi connectivity index (χ1n) is 8.25. The summed E-state index contributed by atoms with van der Waals surface area (Å²) < 4.78 is 30.1. The van der Waals surface area contributed by atoms with Gasteiger partial charge in [0.2, 0.25) is 0 Å². The number of aliphatic hydroxyl groups excluding tert-OH is 1. The van der Waals surface area contributed by atoms with Crippen molar-refractivity contribution in [3.05, 3.63) is 60.7 Å². The Bertz CT molecular complexity index is 966. The number of hydrogen-bond acceptors (Lipinski definition) is 5. The molecular formula is C19H19FN4O2S. The molecule has 27 heavy (non-hydrogen) atoms. The molecule has 6 nitrogen and oxygen atoms in total. The number of halogens is 1. The maximum atomic E-state index is 14.7. The van der Waals surface area contributed by atoms with Crippen LogP contribution in [0.1, 0.15) is 6.92 Å². The normalized spacial score (nSPS) is 13.3. The fourth-order valence-corrected chi connectivity index (χ4v) is 3.67. The van der Waals surface area contributed by atoms with Gasteiger partial charge in [-0.1, -0.05) is 24.3 Å². The molecule has 0 saturated carbocycles. The van der Waals surface area contributed by atoms with E-state index in [0.29, 0.717) is 27.3 Å². The Balaban J connectivity index is 1.97. The molecule has 3 rings (SSSR count). The predicted octanol–water partition coefficient (Wildman–Crippen LogP) is 2.52. The maximum absolute atomic E-state index is 14.7. The molecule has 8 heteroatoms. The molecule has 1 heterocycles. The number of nitrogens with one attached hydrogen (secondary N) is 1. The van der Waals surface area contributed by atoms with Gasteiger partial charge >= 0.3 is 0 Å². The lowest BCUT2D eigenvalue weighted by molar-refractivity contribution is 0.266. The maximum Gasteiger partial charge on any atom is 0.141 e. The average molecular weight is 386 g/mol. The molecule has 1 aromatic heterocycles. The zero-order chi connectivity index (χ0) is 19.4. The Labute approximate surface area is 158 Å². The number of nitrogens with zero attached hydrogens (tertiary/aromatic N) is 2. The van der Waals surface area contributed by atoms with Crippen LogP contribution in [0.15, 0.2) is 59.8 Å². The summed E-state index contributed by atoms with van der Waals surface area (Å²) in [6, 6.07) is 11.4. The van der Waals surface area contributed by atoms with Crippen LogP contribution in [0.2, 0.25) is 0 Å². The van der Waals surface area contributed by atoms with Crippen molar-refractivity contribution in [2.75, 3.05) is 12.3 Å². The average Bonchev–Trinajstić information content (AvgIpc) is 2.68. The quantitative estimate of drug-likeness (QED) is 0.604. The lowest BCUT2D eigenvalue weighted by atomic mass is 10.0. The Morgan fingerprint density at radius 3 is 2.63 bits per heavy atom. The fourth-order valence-electron chi connectivity index (χ4n) is 2.52. The van der Waals surface area contributed by atoms with Crippen molar-refractivity contribution in [3.8, 4) is 22.4 Å². The summed E-state index contributed by atoms with van der Waals surface area (Å²) in [4.78, 5) is 8.53. The van der Waals surface area contributed by atoms with E-state index in [1.807, 2.05) is 0 Å². The second-order valence-corrected chi connectivity index (χ2v) is 7.20. The van der Waals surface area contributed by atoms with Crippen molar-refractivity contribution in [2.45, 2.75) is 17.9 Å². The van der Waals surface area contributed by atoms with Crippen molar-refractivity contribution in [3.63, 3.8) is 0 Å². The molecule has 0 aliphatic heterocycles. The molecule has 0 bridgehead atoms. The molecule has 0 radical (unpaired) electrons. The van der Waals surface area contributed by atoms with Crippen molar-refractivity contribution in [1.29, 1.82) is 0 Å². The molecule has 2 atom stereocenters. The van der Waals surface area contributed by atoms with E-state index >= 15 is 0 Å². The number of hydrogen-bond donors (Lipinski definition) is 3. The summed E-state index contributed by atoms with van der Waals surface area (Å²) >= 11 is 0. The van der Waals surface area contributed by atoms with Gasteiger partial charge in [0.1, 0.15) is 22.6 Å². The summed E-state index contributed by atoms with van der Waals surface area (Å²) in [7, 11) is -1.54. The molecule has 2 aromatic carbocycles. The molecule has 4 N–H and O–H groups in total. The number of benzene rings is 2. The third-order valence-corrected chi connectivity index (χ3v) is 5.27. The van der Waals surface area contributed by atoms with Crippen LogP contribution in [0.25, 0.3) is 22.4 Å². The minimum Gasteiger partial charge on any atom is -0.395 e. The van der Waals surface area contributed by atoms with Gasteiger partial charge < -0.3 is 10.8 Å². The number of aliphatic hydroxyl groups is 1. The van der Waals surface area contributed by atoms with Crippen LogP contribution in [0.4, 0.5) is 10.2 Å². The van der Waals surface area contributed by atoms with Gasteiger partial charge in [0, 0.05) is 11.6 Å². The van der Waals surface area contributed by atoms with E-state index in [2.05, 4.69) is 14.7 Å². The minimum absolute atomic E-state index is 0.139. The van der Waals surface area contributed by atoms with E-state index in [4.69, 9.17) is 10.8 Å². The third kappa shape index (κ3) is 4.36. The van der Waals surface area contributed by atoms with E-state index in [1.165, 1.54) is 18.5 Å². The number of rotatable bonds is 6. The van der Waals surface area contributed by atoms with Gasteiger partial charge in [0.25, 0.3) is 0 Å². The smallest absolute Gasteiger partial charge is 0.141 e. The largest absolute Gasteiger partial charge is 0.395 e. The van der Waals surface area contributed by atoms with Gasteiger partial charge in [-0.2, -0.15) is 0 Å². The topological polar surface area (TPSA) is 101 Å². The summed E-state index contributed by atoms with van der Waals surface area (Å²) in [5.74, 6) is -0.208. The highest BCUT2D eigenvalue weighted by Crippen LogP contribution is 2.30. The van der Waals surface area contributed by atoms with Crippen LogP contribution < -0.4 is 10.5 Å². The van der Waals surface area contributed by atoms with Gasteiger partial charge in [-0.15, -0.1) is 0 Å². The lowest BCUT2D eigenvalue weighted by Crippen LogP contribution is -2.31. The van der Waals surface area contributed by atoms with Crippen molar-refractivity contribution < 1.29 is 13.7 Å². The Hall–Kier alpha value is -2.68. The SMILES string of the molecule is C[C@H](CO)NS(=O)c1ccccc1-c1ccc(-c2cnc(N)cn2)c(F)c1. The Kier molecular flexibility index (Phi) is 5.90. The molecule has 0 saturated heterocycles. The fraction of sp³-hybridized carbons (Fsp3) is 0.158. The number of anilines is 1. The molecule has 3 aromatic rings. The molecule has 0 spiro atoms. The van der Waals surface area contributed by atoms with Crippen LogP contribution in [0.3, 0.4) is 0 Å². The molecule has 1 unspecified atom stereocenters. The molecule has 0 aliphatic rings. The van der Waals surface area contributed by atoms with Gasteiger partial charge in [0.05, 0.1) is 29.6 Å². The Morgan fingerprint density at radius 1 is 1.19 bits per heavy atom. The minimum atomic E-state index is -1.54. The second kappa shape index (κ2) is 8.34.